The number of benzene rings is 1. The molecule has 0 saturated carbocycles. The summed E-state index contributed by atoms with van der Waals surface area (Å²) < 4.78 is 0. The average molecular weight is 187 g/mol. The second kappa shape index (κ2) is 3.46. The fraction of sp³-hybridized carbons (Fsp3) is 0.0909. The van der Waals surface area contributed by atoms with Gasteiger partial charge in [-0.05, 0) is 17.7 Å². The van der Waals surface area contributed by atoms with E-state index < -0.39 is 0 Å². The molecule has 0 amide bonds. The van der Waals surface area contributed by atoms with Gasteiger partial charge in [0, 0.05) is 11.1 Å². The van der Waals surface area contributed by atoms with Crippen LogP contribution in [0.15, 0.2) is 29.4 Å². The first-order chi connectivity index (χ1) is 6.85. The number of fused-ring (bicyclic) bond motifs is 1. The predicted octanol–water partition coefficient (Wildman–Crippen LogP) is 1.88. The Balaban J connectivity index is 2.48. The Hall–Kier alpha value is -1.90. The van der Waals surface area contributed by atoms with Crippen LogP contribution in [0.4, 0.5) is 0 Å². The van der Waals surface area contributed by atoms with E-state index in [2.05, 4.69) is 5.16 Å². The SMILES string of the molecule is CON=C1C=Cc2cc(C=O)ccc21. The van der Waals surface area contributed by atoms with Crippen molar-refractivity contribution < 1.29 is 9.63 Å². The van der Waals surface area contributed by atoms with Crippen molar-refractivity contribution in [3.05, 3.63) is 41.0 Å². The van der Waals surface area contributed by atoms with Gasteiger partial charge in [0.25, 0.3) is 0 Å². The van der Waals surface area contributed by atoms with Crippen molar-refractivity contribution in [2.45, 2.75) is 0 Å². The molecule has 0 spiro atoms. The molecule has 0 aliphatic heterocycles. The van der Waals surface area contributed by atoms with Crippen molar-refractivity contribution >= 4 is 18.1 Å². The quantitative estimate of drug-likeness (QED) is 0.523. The summed E-state index contributed by atoms with van der Waals surface area (Å²) >= 11 is 0. The van der Waals surface area contributed by atoms with Crippen LogP contribution in [0.2, 0.25) is 0 Å². The standard InChI is InChI=1S/C11H9NO2/c1-14-12-11-5-3-9-6-8(7-13)2-4-10(9)11/h2-7H,1H3. The highest BCUT2D eigenvalue weighted by Gasteiger charge is 2.12. The molecule has 0 unspecified atom stereocenters. The molecular weight excluding hydrogens is 178 g/mol. The zero-order valence-corrected chi connectivity index (χ0v) is 7.73. The van der Waals surface area contributed by atoms with Gasteiger partial charge in [0.2, 0.25) is 0 Å². The molecule has 0 fully saturated rings. The molecule has 0 bridgehead atoms. The van der Waals surface area contributed by atoms with Crippen LogP contribution in [-0.2, 0) is 4.84 Å². The molecule has 0 saturated heterocycles. The highest BCUT2D eigenvalue weighted by Crippen LogP contribution is 2.20. The molecule has 3 heteroatoms. The molecule has 1 aromatic carbocycles. The smallest absolute Gasteiger partial charge is 0.150 e. The minimum atomic E-state index is 0.673. The van der Waals surface area contributed by atoms with Gasteiger partial charge in [-0.1, -0.05) is 23.4 Å². The van der Waals surface area contributed by atoms with Gasteiger partial charge in [0.05, 0.1) is 0 Å². The lowest BCUT2D eigenvalue weighted by molar-refractivity contribution is 0.112. The molecule has 70 valence electrons. The highest BCUT2D eigenvalue weighted by molar-refractivity contribution is 6.17. The number of nitrogens with zero attached hydrogens (tertiary/aromatic N) is 1. The normalized spacial score (nSPS) is 15.6. The Labute approximate surface area is 81.7 Å². The number of hydrogen-bond donors (Lipinski definition) is 0. The van der Waals surface area contributed by atoms with Crippen LogP contribution in [0.1, 0.15) is 21.5 Å². The Bertz CT molecular complexity index is 433. The van der Waals surface area contributed by atoms with Crippen LogP contribution in [-0.4, -0.2) is 19.1 Å². The summed E-state index contributed by atoms with van der Waals surface area (Å²) in [6, 6.07) is 5.47. The minimum Gasteiger partial charge on any atom is -0.399 e. The minimum absolute atomic E-state index is 0.673. The van der Waals surface area contributed by atoms with E-state index in [1.807, 2.05) is 24.3 Å². The van der Waals surface area contributed by atoms with E-state index in [1.165, 1.54) is 7.11 Å². The molecule has 14 heavy (non-hydrogen) atoms. The lowest BCUT2D eigenvalue weighted by atomic mass is 10.1. The largest absolute Gasteiger partial charge is 0.399 e. The third kappa shape index (κ3) is 1.33. The van der Waals surface area contributed by atoms with Crippen molar-refractivity contribution in [2.75, 3.05) is 7.11 Å². The Morgan fingerprint density at radius 1 is 1.36 bits per heavy atom. The van der Waals surface area contributed by atoms with Crippen LogP contribution < -0.4 is 0 Å². The maximum Gasteiger partial charge on any atom is 0.150 e. The van der Waals surface area contributed by atoms with Crippen LogP contribution in [0.3, 0.4) is 0 Å². The van der Waals surface area contributed by atoms with Crippen molar-refractivity contribution in [3.8, 4) is 0 Å². The monoisotopic (exact) mass is 187 g/mol. The number of oxime groups is 1. The fourth-order valence-corrected chi connectivity index (χ4v) is 1.46. The number of hydrogen-bond acceptors (Lipinski definition) is 3. The summed E-state index contributed by atoms with van der Waals surface area (Å²) in [4.78, 5) is 15.2. The molecule has 0 atom stereocenters. The molecule has 2 rings (SSSR count). The van der Waals surface area contributed by atoms with E-state index in [0.717, 1.165) is 23.1 Å². The molecule has 0 aromatic heterocycles. The van der Waals surface area contributed by atoms with E-state index in [4.69, 9.17) is 4.84 Å². The third-order valence-corrected chi connectivity index (χ3v) is 2.10. The molecule has 1 aliphatic rings. The topological polar surface area (TPSA) is 38.7 Å². The molecule has 0 heterocycles. The zero-order valence-electron chi connectivity index (χ0n) is 7.73. The Morgan fingerprint density at radius 2 is 2.21 bits per heavy atom. The van der Waals surface area contributed by atoms with Gasteiger partial charge in [0.1, 0.15) is 19.1 Å². The van der Waals surface area contributed by atoms with Gasteiger partial charge in [-0.3, -0.25) is 4.79 Å². The van der Waals surface area contributed by atoms with Crippen molar-refractivity contribution in [1.29, 1.82) is 0 Å². The highest BCUT2D eigenvalue weighted by atomic mass is 16.6. The summed E-state index contributed by atoms with van der Waals surface area (Å²) in [6.45, 7) is 0. The summed E-state index contributed by atoms with van der Waals surface area (Å²) in [5.74, 6) is 0. The van der Waals surface area contributed by atoms with E-state index in [-0.39, 0.29) is 0 Å². The predicted molar refractivity (Wildman–Crippen MR) is 54.4 cm³/mol. The van der Waals surface area contributed by atoms with Crippen LogP contribution >= 0.6 is 0 Å². The third-order valence-electron chi connectivity index (χ3n) is 2.10. The second-order valence-electron chi connectivity index (χ2n) is 2.96. The van der Waals surface area contributed by atoms with E-state index in [9.17, 15) is 4.79 Å². The van der Waals surface area contributed by atoms with Crippen LogP contribution in [0.5, 0.6) is 0 Å². The van der Waals surface area contributed by atoms with E-state index in [0.29, 0.717) is 5.56 Å². The number of aldehydes is 1. The van der Waals surface area contributed by atoms with E-state index in [1.54, 1.807) is 6.07 Å². The number of carbonyl (C=O) groups is 1. The molecule has 0 N–H and O–H groups in total. The number of allylic oxidation sites excluding steroid dienone is 1. The van der Waals surface area contributed by atoms with Gasteiger partial charge in [0.15, 0.2) is 0 Å². The van der Waals surface area contributed by atoms with E-state index >= 15 is 0 Å². The molecule has 3 nitrogen and oxygen atoms in total. The molecule has 1 aromatic rings. The molecule has 0 radical (unpaired) electrons. The van der Waals surface area contributed by atoms with Crippen molar-refractivity contribution in [2.24, 2.45) is 5.16 Å². The van der Waals surface area contributed by atoms with Gasteiger partial charge in [-0.2, -0.15) is 0 Å². The Morgan fingerprint density at radius 3 is 2.93 bits per heavy atom. The number of carbonyl (C=O) groups excluding carboxylic acids is 1. The number of rotatable bonds is 2. The average Bonchev–Trinajstić information content (AvgIpc) is 2.61. The van der Waals surface area contributed by atoms with Crippen LogP contribution in [0.25, 0.3) is 6.08 Å². The van der Waals surface area contributed by atoms with Gasteiger partial charge >= 0.3 is 0 Å². The van der Waals surface area contributed by atoms with Crippen LogP contribution in [0, 0.1) is 0 Å². The lowest BCUT2D eigenvalue weighted by Crippen LogP contribution is -1.95. The Kier molecular flexibility index (Phi) is 2.14. The summed E-state index contributed by atoms with van der Waals surface area (Å²) in [7, 11) is 1.51. The summed E-state index contributed by atoms with van der Waals surface area (Å²) in [6.07, 6.45) is 4.61. The second-order valence-corrected chi connectivity index (χ2v) is 2.96. The first-order valence-corrected chi connectivity index (χ1v) is 4.24. The molecule has 1 aliphatic carbocycles. The lowest BCUT2D eigenvalue weighted by Gasteiger charge is -1.99. The van der Waals surface area contributed by atoms with Gasteiger partial charge < -0.3 is 4.84 Å². The summed E-state index contributed by atoms with van der Waals surface area (Å²) in [5, 5.41) is 3.86. The van der Waals surface area contributed by atoms with Gasteiger partial charge in [-0.25, -0.2) is 0 Å². The first-order valence-electron chi connectivity index (χ1n) is 4.24. The van der Waals surface area contributed by atoms with Crippen molar-refractivity contribution in [3.63, 3.8) is 0 Å². The fourth-order valence-electron chi connectivity index (χ4n) is 1.46. The maximum atomic E-state index is 10.5. The summed E-state index contributed by atoms with van der Waals surface area (Å²) in [5.41, 5.74) is 3.47. The maximum absolute atomic E-state index is 10.5. The first kappa shape index (κ1) is 8.69. The van der Waals surface area contributed by atoms with Crippen molar-refractivity contribution in [1.82, 2.24) is 0 Å². The molecular formula is C11H9NO2. The van der Waals surface area contributed by atoms with Gasteiger partial charge in [-0.15, -0.1) is 0 Å². The zero-order chi connectivity index (χ0) is 9.97.